The highest BCUT2D eigenvalue weighted by atomic mass is 16.8. The van der Waals surface area contributed by atoms with Gasteiger partial charge in [-0.15, -0.1) is 0 Å². The van der Waals surface area contributed by atoms with Crippen molar-refractivity contribution in [1.29, 1.82) is 0 Å². The highest BCUT2D eigenvalue weighted by Crippen LogP contribution is 2.84. The van der Waals surface area contributed by atoms with Crippen molar-refractivity contribution >= 4 is 23.7 Å². The number of aliphatic hydroxyl groups is 3. The molecule has 45 heavy (non-hydrogen) atoms. The number of hydrogen-bond acceptors (Lipinski definition) is 12. The summed E-state index contributed by atoms with van der Waals surface area (Å²) in [6.07, 6.45) is -9.58. The molecule has 2 aromatic rings. The predicted octanol–water partition coefficient (Wildman–Crippen LogP) is 0.811. The summed E-state index contributed by atoms with van der Waals surface area (Å²) in [6, 6.07) is 15.6. The maximum absolute atomic E-state index is 13.8. The smallest absolute Gasteiger partial charge is 0.343 e. The Morgan fingerprint density at radius 2 is 1.60 bits per heavy atom. The molecule has 6 fully saturated rings. The molecule has 0 aromatic heterocycles. The molecule has 12 heteroatoms. The molecule has 2 aliphatic carbocycles. The maximum atomic E-state index is 13.8. The Kier molecular flexibility index (Phi) is 5.61. The van der Waals surface area contributed by atoms with E-state index in [1.54, 1.807) is 48.5 Å². The molecule has 6 aliphatic rings. The molecule has 4 aliphatic heterocycles. The van der Waals surface area contributed by atoms with Gasteiger partial charge in [-0.05, 0) is 23.3 Å². The Hall–Kier alpha value is -3.68. The van der Waals surface area contributed by atoms with Crippen LogP contribution in [0.15, 0.2) is 54.6 Å². The lowest BCUT2D eigenvalue weighted by molar-refractivity contribution is -0.245. The van der Waals surface area contributed by atoms with E-state index >= 15 is 0 Å². The third-order valence-electron chi connectivity index (χ3n) is 11.3. The van der Waals surface area contributed by atoms with Gasteiger partial charge in [0.15, 0.2) is 29.7 Å². The Morgan fingerprint density at radius 1 is 0.933 bits per heavy atom. The van der Waals surface area contributed by atoms with Crippen LogP contribution in [0.3, 0.4) is 0 Å². The summed E-state index contributed by atoms with van der Waals surface area (Å²) in [5.74, 6) is -3.78. The zero-order valence-corrected chi connectivity index (χ0v) is 24.7. The first-order valence-electron chi connectivity index (χ1n) is 15.0. The molecule has 7 unspecified atom stereocenters. The number of benzene rings is 2. The van der Waals surface area contributed by atoms with Crippen LogP contribution in [0.25, 0.3) is 0 Å². The van der Waals surface area contributed by atoms with Crippen LogP contribution in [0, 0.1) is 22.2 Å². The second-order valence-corrected chi connectivity index (χ2v) is 14.0. The van der Waals surface area contributed by atoms with E-state index in [2.05, 4.69) is 0 Å². The van der Waals surface area contributed by atoms with Crippen LogP contribution < -0.4 is 0 Å². The van der Waals surface area contributed by atoms with Crippen LogP contribution in [0.5, 0.6) is 0 Å². The Morgan fingerprint density at radius 3 is 2.27 bits per heavy atom. The zero-order chi connectivity index (χ0) is 31.9. The minimum Gasteiger partial charge on any atom is -0.459 e. The van der Waals surface area contributed by atoms with Crippen molar-refractivity contribution in [3.63, 3.8) is 0 Å². The summed E-state index contributed by atoms with van der Waals surface area (Å²) in [4.78, 5) is 52.9. The van der Waals surface area contributed by atoms with E-state index in [0.717, 1.165) is 0 Å². The van der Waals surface area contributed by atoms with Gasteiger partial charge >= 0.3 is 17.9 Å². The molecule has 4 heterocycles. The van der Waals surface area contributed by atoms with E-state index in [0.29, 0.717) is 16.7 Å². The van der Waals surface area contributed by atoms with Gasteiger partial charge in [-0.2, -0.15) is 0 Å². The molecular weight excluding hydrogens is 588 g/mol. The van der Waals surface area contributed by atoms with Gasteiger partial charge in [0.25, 0.3) is 0 Å². The minimum absolute atomic E-state index is 0.116. The topological polar surface area (TPSA) is 175 Å². The summed E-state index contributed by atoms with van der Waals surface area (Å²) in [5.41, 5.74) is -7.68. The van der Waals surface area contributed by atoms with Crippen molar-refractivity contribution in [2.24, 2.45) is 22.2 Å². The summed E-state index contributed by atoms with van der Waals surface area (Å²) >= 11 is 0. The highest BCUT2D eigenvalue weighted by Gasteiger charge is 3.04. The van der Waals surface area contributed by atoms with Gasteiger partial charge in [0.05, 0.1) is 17.4 Å². The van der Waals surface area contributed by atoms with E-state index in [1.807, 2.05) is 26.8 Å². The fourth-order valence-corrected chi connectivity index (χ4v) is 9.75. The minimum atomic E-state index is -2.72. The molecule has 236 valence electrons. The number of ether oxygens (including phenoxy) is 5. The van der Waals surface area contributed by atoms with E-state index in [4.69, 9.17) is 23.7 Å². The molecular formula is C33H32O12. The molecule has 0 bridgehead atoms. The predicted molar refractivity (Wildman–Crippen MR) is 148 cm³/mol. The Labute approximate surface area is 257 Å². The molecule has 8 rings (SSSR count). The number of ketones is 1. The molecule has 2 aromatic carbocycles. The van der Waals surface area contributed by atoms with Crippen LogP contribution in [-0.2, 0) is 44.7 Å². The Balaban J connectivity index is 1.21. The average Bonchev–Trinajstić information content (AvgIpc) is 3.73. The van der Waals surface area contributed by atoms with E-state index in [9.17, 15) is 34.5 Å². The molecule has 12 nitrogen and oxygen atoms in total. The van der Waals surface area contributed by atoms with Crippen LogP contribution in [-0.4, -0.2) is 87.0 Å². The lowest BCUT2D eigenvalue weighted by atomic mass is 9.51. The van der Waals surface area contributed by atoms with E-state index in [-0.39, 0.29) is 18.8 Å². The second kappa shape index (κ2) is 8.77. The number of fused-ring (bicyclic) bond motifs is 1. The van der Waals surface area contributed by atoms with Gasteiger partial charge in [-0.25, -0.2) is 14.4 Å². The van der Waals surface area contributed by atoms with Gasteiger partial charge in [-0.1, -0.05) is 75.4 Å². The number of carbonyl (C=O) groups excluding carboxylic acids is 4. The van der Waals surface area contributed by atoms with Crippen LogP contribution in [0.2, 0.25) is 0 Å². The zero-order valence-electron chi connectivity index (χ0n) is 24.7. The standard InChI is InChI=1S/C33H32O12/c1-29(2,3)18-13-19-31-21(35)23-32(40,22(36)25(37)43-23)33(31,27(39)42-19)45-28-30(18,31)24(26(38)44-28)41-14-15-9-11-17(12-10-15)20(34)16-7-5-4-6-8-16/h4-12,18-19,21-24,28,35-36,40H,13-14H2,1-3H3/t18?,19?,21-,22+,23?,24-,28?,30?,31?,32+,33?/m0/s1. The van der Waals surface area contributed by atoms with Crippen molar-refractivity contribution in [1.82, 2.24) is 0 Å². The quantitative estimate of drug-likeness (QED) is 0.244. The monoisotopic (exact) mass is 620 g/mol. The first-order chi connectivity index (χ1) is 21.3. The molecule has 2 saturated carbocycles. The number of rotatable bonds is 5. The highest BCUT2D eigenvalue weighted by molar-refractivity contribution is 6.09. The van der Waals surface area contributed by atoms with Crippen molar-refractivity contribution in [3.05, 3.63) is 71.3 Å². The number of aliphatic hydroxyl groups excluding tert-OH is 2. The second-order valence-electron chi connectivity index (χ2n) is 14.0. The van der Waals surface area contributed by atoms with Crippen molar-refractivity contribution in [3.8, 4) is 0 Å². The molecule has 0 radical (unpaired) electrons. The average molecular weight is 621 g/mol. The molecule has 4 saturated heterocycles. The van der Waals surface area contributed by atoms with Gasteiger partial charge < -0.3 is 39.0 Å². The third-order valence-corrected chi connectivity index (χ3v) is 11.3. The van der Waals surface area contributed by atoms with Crippen molar-refractivity contribution in [2.45, 2.75) is 81.8 Å². The molecule has 2 spiro atoms. The van der Waals surface area contributed by atoms with Gasteiger partial charge in [-0.3, -0.25) is 4.79 Å². The van der Waals surface area contributed by atoms with Crippen molar-refractivity contribution in [2.75, 3.05) is 0 Å². The number of hydrogen-bond donors (Lipinski definition) is 3. The lowest BCUT2D eigenvalue weighted by Gasteiger charge is -2.48. The summed E-state index contributed by atoms with van der Waals surface area (Å²) < 4.78 is 29.6. The largest absolute Gasteiger partial charge is 0.459 e. The fourth-order valence-electron chi connectivity index (χ4n) is 9.75. The maximum Gasteiger partial charge on any atom is 0.343 e. The molecule has 11 atom stereocenters. The molecule has 3 N–H and O–H groups in total. The number of carbonyl (C=O) groups is 4. The van der Waals surface area contributed by atoms with E-state index in [1.165, 1.54) is 0 Å². The first-order valence-corrected chi connectivity index (χ1v) is 15.0. The van der Waals surface area contributed by atoms with Crippen molar-refractivity contribution < 1.29 is 58.2 Å². The van der Waals surface area contributed by atoms with Gasteiger partial charge in [0, 0.05) is 11.1 Å². The van der Waals surface area contributed by atoms with Crippen LogP contribution in [0.1, 0.15) is 48.7 Å². The summed E-state index contributed by atoms with van der Waals surface area (Å²) in [5, 5.41) is 35.1. The summed E-state index contributed by atoms with van der Waals surface area (Å²) in [7, 11) is 0. The Bertz CT molecular complexity index is 1650. The van der Waals surface area contributed by atoms with E-state index < -0.39 is 88.1 Å². The fraction of sp³-hybridized carbons (Fsp3) is 0.515. The molecule has 0 amide bonds. The first kappa shape index (κ1) is 28.8. The number of esters is 3. The SMILES string of the molecule is CC(C)(C)C1CC2OC(=O)C34OC5OC(=O)[C@H](OCc6ccc(C(=O)c7ccccc7)cc6)C51C23[C@@H](O)C1OC(=O)[C@@H](O)[C@@]14O. The summed E-state index contributed by atoms with van der Waals surface area (Å²) in [6.45, 7) is 5.67. The third kappa shape index (κ3) is 2.96. The van der Waals surface area contributed by atoms with Crippen LogP contribution in [0.4, 0.5) is 0 Å². The van der Waals surface area contributed by atoms with Crippen LogP contribution >= 0.6 is 0 Å². The van der Waals surface area contributed by atoms with Gasteiger partial charge in [0.1, 0.15) is 12.2 Å². The van der Waals surface area contributed by atoms with Gasteiger partial charge in [0.2, 0.25) is 11.9 Å². The normalized spacial score (nSPS) is 43.8. The lowest BCUT2D eigenvalue weighted by Crippen LogP contribution is -2.68.